The molecule has 6 unspecified atom stereocenters. The van der Waals surface area contributed by atoms with Gasteiger partial charge in [-0.15, -0.1) is 0 Å². The SMILES string of the molecule is O=C(OCCCCOC(=O)C1C2CNC1C2)C1C2CNC1C2. The number of fused-ring (bicyclic) bond motifs is 2. The fraction of sp³-hybridized carbons (Fsp3) is 0.875. The molecule has 6 fully saturated rings. The smallest absolute Gasteiger partial charge is 0.310 e. The Morgan fingerprint density at radius 3 is 1.59 bits per heavy atom. The van der Waals surface area contributed by atoms with Gasteiger partial charge in [0, 0.05) is 12.1 Å². The van der Waals surface area contributed by atoms with Crippen molar-refractivity contribution in [1.29, 1.82) is 0 Å². The molecule has 0 radical (unpaired) electrons. The van der Waals surface area contributed by atoms with Crippen LogP contribution in [0.4, 0.5) is 0 Å². The molecular weight excluding hydrogens is 284 g/mol. The lowest BCUT2D eigenvalue weighted by Gasteiger charge is -2.32. The van der Waals surface area contributed by atoms with Crippen LogP contribution in [0.15, 0.2) is 0 Å². The molecule has 6 rings (SSSR count). The number of unbranched alkanes of at least 4 members (excludes halogenated alkanes) is 1. The van der Waals surface area contributed by atoms with E-state index >= 15 is 0 Å². The molecule has 4 heterocycles. The van der Waals surface area contributed by atoms with Crippen molar-refractivity contribution in [2.75, 3.05) is 26.3 Å². The molecule has 122 valence electrons. The summed E-state index contributed by atoms with van der Waals surface area (Å²) in [5.41, 5.74) is 0. The van der Waals surface area contributed by atoms with Gasteiger partial charge < -0.3 is 20.1 Å². The van der Waals surface area contributed by atoms with Gasteiger partial charge in [-0.25, -0.2) is 0 Å². The van der Waals surface area contributed by atoms with Crippen LogP contribution in [0.2, 0.25) is 0 Å². The lowest BCUT2D eigenvalue weighted by atomic mass is 9.74. The zero-order valence-corrected chi connectivity index (χ0v) is 12.8. The van der Waals surface area contributed by atoms with Crippen molar-refractivity contribution >= 4 is 11.9 Å². The second-order valence-electron chi connectivity index (χ2n) is 7.11. The quantitative estimate of drug-likeness (QED) is 0.512. The Hall–Kier alpha value is -1.14. The number of esters is 2. The molecule has 4 bridgehead atoms. The number of hydrogen-bond donors (Lipinski definition) is 2. The fourth-order valence-electron chi connectivity index (χ4n) is 4.41. The first-order valence-corrected chi connectivity index (χ1v) is 8.54. The van der Waals surface area contributed by atoms with E-state index in [0.717, 1.165) is 38.8 Å². The molecule has 22 heavy (non-hydrogen) atoms. The first-order valence-electron chi connectivity index (χ1n) is 8.54. The van der Waals surface area contributed by atoms with Gasteiger partial charge >= 0.3 is 11.9 Å². The summed E-state index contributed by atoms with van der Waals surface area (Å²) in [5.74, 6) is 1.04. The van der Waals surface area contributed by atoms with Gasteiger partial charge in [0.15, 0.2) is 0 Å². The summed E-state index contributed by atoms with van der Waals surface area (Å²) < 4.78 is 10.7. The second kappa shape index (κ2) is 5.81. The average Bonchev–Trinajstić information content (AvgIpc) is 3.22. The Bertz CT molecular complexity index is 399. The first-order chi connectivity index (χ1) is 10.7. The van der Waals surface area contributed by atoms with Crippen LogP contribution >= 0.6 is 0 Å². The van der Waals surface area contributed by atoms with Crippen LogP contribution in [-0.4, -0.2) is 50.3 Å². The van der Waals surface area contributed by atoms with Gasteiger partial charge in [0.05, 0.1) is 25.0 Å². The van der Waals surface area contributed by atoms with Gasteiger partial charge in [-0.3, -0.25) is 9.59 Å². The van der Waals surface area contributed by atoms with Crippen molar-refractivity contribution in [1.82, 2.24) is 10.6 Å². The predicted octanol–water partition coefficient (Wildman–Crippen LogP) is 0.0688. The topological polar surface area (TPSA) is 76.7 Å². The number of nitrogens with one attached hydrogen (secondary N) is 2. The number of carbonyl (C=O) groups excluding carboxylic acids is 2. The van der Waals surface area contributed by atoms with Crippen LogP contribution in [0.3, 0.4) is 0 Å². The maximum atomic E-state index is 11.9. The highest BCUT2D eigenvalue weighted by Gasteiger charge is 2.52. The molecule has 6 heteroatoms. The van der Waals surface area contributed by atoms with Crippen LogP contribution in [0.5, 0.6) is 0 Å². The summed E-state index contributed by atoms with van der Waals surface area (Å²) in [7, 11) is 0. The summed E-state index contributed by atoms with van der Waals surface area (Å²) in [4.78, 5) is 23.8. The molecular formula is C16H24N2O4. The van der Waals surface area contributed by atoms with Gasteiger partial charge in [-0.1, -0.05) is 0 Å². The van der Waals surface area contributed by atoms with Crippen molar-refractivity contribution in [2.45, 2.75) is 37.8 Å². The van der Waals surface area contributed by atoms with Crippen LogP contribution in [0.25, 0.3) is 0 Å². The Kier molecular flexibility index (Phi) is 3.82. The highest BCUT2D eigenvalue weighted by molar-refractivity contribution is 5.76. The van der Waals surface area contributed by atoms with Crippen molar-refractivity contribution < 1.29 is 19.1 Å². The van der Waals surface area contributed by atoms with Crippen molar-refractivity contribution in [3.8, 4) is 0 Å². The summed E-state index contributed by atoms with van der Waals surface area (Å²) in [6.07, 6.45) is 3.75. The third-order valence-corrected chi connectivity index (χ3v) is 5.85. The molecule has 6 atom stereocenters. The maximum Gasteiger partial charge on any atom is 0.310 e. The minimum Gasteiger partial charge on any atom is -0.465 e. The van der Waals surface area contributed by atoms with Crippen LogP contribution in [0.1, 0.15) is 25.7 Å². The third kappa shape index (κ3) is 2.42. The minimum atomic E-state index is -0.0552. The molecule has 0 aromatic carbocycles. The van der Waals surface area contributed by atoms with E-state index < -0.39 is 0 Å². The normalized spacial score (nSPS) is 40.7. The molecule has 2 aliphatic carbocycles. The van der Waals surface area contributed by atoms with Crippen molar-refractivity contribution in [2.24, 2.45) is 23.7 Å². The first kappa shape index (κ1) is 14.5. The van der Waals surface area contributed by atoms with E-state index in [9.17, 15) is 9.59 Å². The third-order valence-electron chi connectivity index (χ3n) is 5.85. The highest BCUT2D eigenvalue weighted by atomic mass is 16.5. The van der Waals surface area contributed by atoms with E-state index in [0.29, 0.717) is 37.1 Å². The molecule has 6 nitrogen and oxygen atoms in total. The van der Waals surface area contributed by atoms with Gasteiger partial charge in [0.1, 0.15) is 0 Å². The van der Waals surface area contributed by atoms with Crippen molar-refractivity contribution in [3.63, 3.8) is 0 Å². The number of ether oxygens (including phenoxy) is 2. The van der Waals surface area contributed by atoms with Crippen LogP contribution < -0.4 is 10.6 Å². The maximum absolute atomic E-state index is 11.9. The summed E-state index contributed by atoms with van der Waals surface area (Å²) in [6, 6.07) is 0.704. The second-order valence-corrected chi connectivity index (χ2v) is 7.11. The highest BCUT2D eigenvalue weighted by Crippen LogP contribution is 2.41. The largest absolute Gasteiger partial charge is 0.465 e. The number of rotatable bonds is 7. The van der Waals surface area contributed by atoms with E-state index in [-0.39, 0.29) is 23.8 Å². The van der Waals surface area contributed by atoms with Crippen LogP contribution in [0, 0.1) is 23.7 Å². The van der Waals surface area contributed by atoms with E-state index in [1.165, 1.54) is 0 Å². The fourth-order valence-corrected chi connectivity index (χ4v) is 4.41. The molecule has 0 aromatic heterocycles. The van der Waals surface area contributed by atoms with Gasteiger partial charge in [-0.05, 0) is 50.6 Å². The monoisotopic (exact) mass is 308 g/mol. The Morgan fingerprint density at radius 1 is 0.818 bits per heavy atom. The Balaban J connectivity index is 1.06. The van der Waals surface area contributed by atoms with Gasteiger partial charge in [-0.2, -0.15) is 0 Å². The molecule has 0 amide bonds. The van der Waals surface area contributed by atoms with Crippen molar-refractivity contribution in [3.05, 3.63) is 0 Å². The van der Waals surface area contributed by atoms with E-state index in [1.54, 1.807) is 0 Å². The lowest BCUT2D eigenvalue weighted by molar-refractivity contribution is -0.156. The van der Waals surface area contributed by atoms with E-state index in [2.05, 4.69) is 10.6 Å². The van der Waals surface area contributed by atoms with Gasteiger partial charge in [0.25, 0.3) is 0 Å². The number of carbonyl (C=O) groups is 2. The molecule has 0 spiro atoms. The molecule has 6 aliphatic rings. The summed E-state index contributed by atoms with van der Waals surface area (Å²) in [5, 5.41) is 6.64. The lowest BCUT2D eigenvalue weighted by Crippen LogP contribution is -2.43. The molecule has 4 aliphatic heterocycles. The molecule has 2 saturated carbocycles. The Labute approximate surface area is 130 Å². The zero-order chi connectivity index (χ0) is 15.1. The standard InChI is InChI=1S/C16H24N2O4/c19-15(13-9-5-11(13)17-7-9)21-3-1-2-4-22-16(20)14-10-6-12(14)18-8-10/h9-14,17-18H,1-8H2. The Morgan fingerprint density at radius 2 is 1.27 bits per heavy atom. The minimum absolute atomic E-state index is 0.0552. The molecule has 2 N–H and O–H groups in total. The van der Waals surface area contributed by atoms with Crippen LogP contribution in [-0.2, 0) is 19.1 Å². The number of hydrogen-bond acceptors (Lipinski definition) is 6. The predicted molar refractivity (Wildman–Crippen MR) is 77.9 cm³/mol. The van der Waals surface area contributed by atoms with E-state index in [1.807, 2.05) is 0 Å². The van der Waals surface area contributed by atoms with E-state index in [4.69, 9.17) is 9.47 Å². The molecule has 0 aromatic rings. The van der Waals surface area contributed by atoms with Gasteiger partial charge in [0.2, 0.25) is 0 Å². The summed E-state index contributed by atoms with van der Waals surface area (Å²) >= 11 is 0. The summed E-state index contributed by atoms with van der Waals surface area (Å²) in [6.45, 7) is 2.78. The molecule has 4 saturated heterocycles. The zero-order valence-electron chi connectivity index (χ0n) is 12.8. The average molecular weight is 308 g/mol.